The molecule has 0 radical (unpaired) electrons. The zero-order valence-electron chi connectivity index (χ0n) is 8.22. The molecule has 2 rings (SSSR count). The molecule has 0 spiro atoms. The second-order valence-corrected chi connectivity index (χ2v) is 4.05. The van der Waals surface area contributed by atoms with Crippen molar-refractivity contribution in [2.24, 2.45) is 0 Å². The van der Waals surface area contributed by atoms with Crippen molar-refractivity contribution in [1.29, 1.82) is 0 Å². The molecule has 1 N–H and O–H groups in total. The predicted octanol–water partition coefficient (Wildman–Crippen LogP) is 2.60. The van der Waals surface area contributed by atoms with Crippen molar-refractivity contribution < 1.29 is 4.74 Å². The van der Waals surface area contributed by atoms with Crippen molar-refractivity contribution >= 4 is 11.6 Å². The molecule has 1 aliphatic rings. The molecule has 1 aliphatic carbocycles. The molecule has 0 aliphatic heterocycles. The largest absolute Gasteiger partial charge is 0.496 e. The third-order valence-electron chi connectivity index (χ3n) is 2.40. The molecule has 14 heavy (non-hydrogen) atoms. The van der Waals surface area contributed by atoms with Gasteiger partial charge >= 0.3 is 0 Å². The van der Waals surface area contributed by atoms with Gasteiger partial charge in [0.05, 0.1) is 7.11 Å². The molecule has 0 atom stereocenters. The van der Waals surface area contributed by atoms with E-state index in [1.54, 1.807) is 7.11 Å². The number of benzene rings is 1. The maximum absolute atomic E-state index is 5.92. The smallest absolute Gasteiger partial charge is 0.123 e. The van der Waals surface area contributed by atoms with E-state index in [1.807, 2.05) is 18.2 Å². The first-order valence-corrected chi connectivity index (χ1v) is 5.23. The number of nitrogens with one attached hydrogen (secondary N) is 1. The molecule has 3 heteroatoms. The Labute approximate surface area is 89.2 Å². The van der Waals surface area contributed by atoms with Gasteiger partial charge in [0.25, 0.3) is 0 Å². The monoisotopic (exact) mass is 211 g/mol. The van der Waals surface area contributed by atoms with Crippen LogP contribution in [0.15, 0.2) is 18.2 Å². The summed E-state index contributed by atoms with van der Waals surface area (Å²) < 4.78 is 5.25. The van der Waals surface area contributed by atoms with Crippen LogP contribution in [0.5, 0.6) is 5.75 Å². The summed E-state index contributed by atoms with van der Waals surface area (Å²) in [6.45, 7) is 0.842. The van der Waals surface area contributed by atoms with Gasteiger partial charge in [0, 0.05) is 23.2 Å². The van der Waals surface area contributed by atoms with Crippen LogP contribution in [0.4, 0.5) is 0 Å². The zero-order chi connectivity index (χ0) is 9.97. The zero-order valence-corrected chi connectivity index (χ0v) is 8.97. The summed E-state index contributed by atoms with van der Waals surface area (Å²) in [6.07, 6.45) is 2.59. The number of rotatable bonds is 4. The second kappa shape index (κ2) is 4.20. The summed E-state index contributed by atoms with van der Waals surface area (Å²) in [7, 11) is 1.68. The maximum atomic E-state index is 5.92. The maximum Gasteiger partial charge on any atom is 0.123 e. The first-order valence-electron chi connectivity index (χ1n) is 4.85. The van der Waals surface area contributed by atoms with Gasteiger partial charge in [0.1, 0.15) is 5.75 Å². The van der Waals surface area contributed by atoms with E-state index in [0.717, 1.165) is 22.9 Å². The Kier molecular flexibility index (Phi) is 2.94. The third kappa shape index (κ3) is 2.40. The van der Waals surface area contributed by atoms with E-state index in [9.17, 15) is 0 Å². The summed E-state index contributed by atoms with van der Waals surface area (Å²) in [5, 5.41) is 4.20. The normalized spacial score (nSPS) is 15.6. The van der Waals surface area contributed by atoms with E-state index < -0.39 is 0 Å². The molecule has 1 aromatic carbocycles. The van der Waals surface area contributed by atoms with Crippen LogP contribution >= 0.6 is 11.6 Å². The first-order chi connectivity index (χ1) is 6.79. The minimum absolute atomic E-state index is 0.707. The lowest BCUT2D eigenvalue weighted by Gasteiger charge is -2.09. The highest BCUT2D eigenvalue weighted by molar-refractivity contribution is 6.30. The summed E-state index contributed by atoms with van der Waals surface area (Å²) >= 11 is 5.92. The average Bonchev–Trinajstić information content (AvgIpc) is 2.98. The van der Waals surface area contributed by atoms with E-state index in [4.69, 9.17) is 16.3 Å². The Morgan fingerprint density at radius 3 is 2.93 bits per heavy atom. The Morgan fingerprint density at radius 2 is 2.29 bits per heavy atom. The van der Waals surface area contributed by atoms with Gasteiger partial charge in [-0.25, -0.2) is 0 Å². The van der Waals surface area contributed by atoms with Crippen molar-refractivity contribution in [3.63, 3.8) is 0 Å². The number of hydrogen-bond donors (Lipinski definition) is 1. The third-order valence-corrected chi connectivity index (χ3v) is 2.64. The number of hydrogen-bond acceptors (Lipinski definition) is 2. The van der Waals surface area contributed by atoms with Gasteiger partial charge < -0.3 is 10.1 Å². The molecule has 0 amide bonds. The highest BCUT2D eigenvalue weighted by Gasteiger charge is 2.20. The Hall–Kier alpha value is -0.730. The van der Waals surface area contributed by atoms with Crippen LogP contribution < -0.4 is 10.1 Å². The summed E-state index contributed by atoms with van der Waals surface area (Å²) in [4.78, 5) is 0. The lowest BCUT2D eigenvalue weighted by atomic mass is 10.2. The van der Waals surface area contributed by atoms with Crippen molar-refractivity contribution in [2.45, 2.75) is 25.4 Å². The minimum Gasteiger partial charge on any atom is -0.496 e. The van der Waals surface area contributed by atoms with Crippen LogP contribution in [0, 0.1) is 0 Å². The molecule has 0 saturated heterocycles. The molecule has 1 saturated carbocycles. The molecule has 1 fully saturated rings. The predicted molar refractivity (Wildman–Crippen MR) is 57.9 cm³/mol. The number of halogens is 1. The minimum atomic E-state index is 0.707. The molecule has 76 valence electrons. The van der Waals surface area contributed by atoms with E-state index >= 15 is 0 Å². The van der Waals surface area contributed by atoms with Gasteiger partial charge in [-0.15, -0.1) is 0 Å². The van der Waals surface area contributed by atoms with Crippen molar-refractivity contribution in [2.75, 3.05) is 7.11 Å². The molecule has 2 nitrogen and oxygen atoms in total. The van der Waals surface area contributed by atoms with Crippen LogP contribution in [0.25, 0.3) is 0 Å². The topological polar surface area (TPSA) is 21.3 Å². The van der Waals surface area contributed by atoms with Crippen molar-refractivity contribution in [3.8, 4) is 5.75 Å². The highest BCUT2D eigenvalue weighted by Crippen LogP contribution is 2.24. The molecule has 1 aromatic rings. The molecule has 0 heterocycles. The van der Waals surface area contributed by atoms with Gasteiger partial charge in [-0.1, -0.05) is 11.6 Å². The Morgan fingerprint density at radius 1 is 1.50 bits per heavy atom. The number of ether oxygens (including phenoxy) is 1. The van der Waals surface area contributed by atoms with Gasteiger partial charge in [0.2, 0.25) is 0 Å². The fourth-order valence-corrected chi connectivity index (χ4v) is 1.62. The first kappa shape index (κ1) is 9.81. The quantitative estimate of drug-likeness (QED) is 0.827. The molecular weight excluding hydrogens is 198 g/mol. The standard InChI is InChI=1S/C11H14ClNO/c1-14-11-5-2-9(12)6-8(11)7-13-10-3-4-10/h2,5-6,10,13H,3-4,7H2,1H3. The Bertz CT molecular complexity index is 323. The lowest BCUT2D eigenvalue weighted by Crippen LogP contribution is -2.15. The molecule has 0 unspecified atom stereocenters. The van der Waals surface area contributed by atoms with Crippen molar-refractivity contribution in [3.05, 3.63) is 28.8 Å². The van der Waals surface area contributed by atoms with Gasteiger partial charge in [-0.3, -0.25) is 0 Å². The average molecular weight is 212 g/mol. The van der Waals surface area contributed by atoms with Gasteiger partial charge in [-0.2, -0.15) is 0 Å². The van der Waals surface area contributed by atoms with E-state index in [0.29, 0.717) is 6.04 Å². The van der Waals surface area contributed by atoms with E-state index in [-0.39, 0.29) is 0 Å². The van der Waals surface area contributed by atoms with Gasteiger partial charge in [-0.05, 0) is 31.0 Å². The van der Waals surface area contributed by atoms with Crippen LogP contribution in [-0.4, -0.2) is 13.2 Å². The van der Waals surface area contributed by atoms with E-state index in [1.165, 1.54) is 12.8 Å². The summed E-state index contributed by atoms with van der Waals surface area (Å²) in [5.41, 5.74) is 1.13. The van der Waals surface area contributed by atoms with Gasteiger partial charge in [0.15, 0.2) is 0 Å². The second-order valence-electron chi connectivity index (χ2n) is 3.61. The number of methoxy groups -OCH3 is 1. The highest BCUT2D eigenvalue weighted by atomic mass is 35.5. The lowest BCUT2D eigenvalue weighted by molar-refractivity contribution is 0.407. The fourth-order valence-electron chi connectivity index (χ4n) is 1.43. The van der Waals surface area contributed by atoms with Crippen molar-refractivity contribution in [1.82, 2.24) is 5.32 Å². The Balaban J connectivity index is 2.07. The van der Waals surface area contributed by atoms with Crippen LogP contribution in [0.1, 0.15) is 18.4 Å². The summed E-state index contributed by atoms with van der Waals surface area (Å²) in [6, 6.07) is 6.42. The molecule has 0 bridgehead atoms. The summed E-state index contributed by atoms with van der Waals surface area (Å²) in [5.74, 6) is 0.905. The van der Waals surface area contributed by atoms with Crippen LogP contribution in [0.3, 0.4) is 0 Å². The van der Waals surface area contributed by atoms with E-state index in [2.05, 4.69) is 5.32 Å². The SMILES string of the molecule is COc1ccc(Cl)cc1CNC1CC1. The molecular formula is C11H14ClNO. The van der Waals surface area contributed by atoms with Crippen LogP contribution in [-0.2, 0) is 6.54 Å². The molecule has 0 aromatic heterocycles. The fraction of sp³-hybridized carbons (Fsp3) is 0.455. The van der Waals surface area contributed by atoms with Crippen LogP contribution in [0.2, 0.25) is 5.02 Å².